The molecule has 2 heterocycles. The Hall–Kier alpha value is -2.30. The number of aromatic nitrogens is 2. The Morgan fingerprint density at radius 1 is 1.12 bits per heavy atom. The third-order valence-electron chi connectivity index (χ3n) is 5.09. The van der Waals surface area contributed by atoms with Crippen molar-refractivity contribution in [2.75, 3.05) is 18.4 Å². The van der Waals surface area contributed by atoms with E-state index in [2.05, 4.69) is 21.8 Å². The average Bonchev–Trinajstić information content (AvgIpc) is 3.38. The van der Waals surface area contributed by atoms with Gasteiger partial charge in [0, 0.05) is 42.6 Å². The molecule has 2 fully saturated rings. The number of anilines is 1. The third kappa shape index (κ3) is 3.03. The first-order valence-corrected chi connectivity index (χ1v) is 8.87. The second-order valence-corrected chi connectivity index (χ2v) is 6.92. The first-order chi connectivity index (χ1) is 11.7. The Bertz CT molecular complexity index is 712. The van der Waals surface area contributed by atoms with Crippen molar-refractivity contribution in [1.82, 2.24) is 14.5 Å². The van der Waals surface area contributed by atoms with Crippen molar-refractivity contribution in [2.24, 2.45) is 0 Å². The molecule has 4 rings (SSSR count). The van der Waals surface area contributed by atoms with Crippen molar-refractivity contribution < 1.29 is 4.79 Å². The molecule has 1 N–H and O–H groups in total. The van der Waals surface area contributed by atoms with Gasteiger partial charge < -0.3 is 14.8 Å². The zero-order valence-corrected chi connectivity index (χ0v) is 14.1. The van der Waals surface area contributed by atoms with Crippen LogP contribution in [0.2, 0.25) is 0 Å². The summed E-state index contributed by atoms with van der Waals surface area (Å²) in [7, 11) is 0. The molecule has 2 amide bonds. The first kappa shape index (κ1) is 15.2. The lowest BCUT2D eigenvalue weighted by Gasteiger charge is -2.34. The lowest BCUT2D eigenvalue weighted by atomic mass is 10.0. The Kier molecular flexibility index (Phi) is 4.00. The van der Waals surface area contributed by atoms with Crippen LogP contribution >= 0.6 is 0 Å². The molecular formula is C19H24N4O. The summed E-state index contributed by atoms with van der Waals surface area (Å²) in [6, 6.07) is 10.1. The average molecular weight is 324 g/mol. The quantitative estimate of drug-likeness (QED) is 0.930. The maximum absolute atomic E-state index is 12.4. The lowest BCUT2D eigenvalue weighted by Crippen LogP contribution is -2.41. The van der Waals surface area contributed by atoms with E-state index >= 15 is 0 Å². The van der Waals surface area contributed by atoms with Crippen LogP contribution in [0.3, 0.4) is 0 Å². The van der Waals surface area contributed by atoms with Crippen LogP contribution in [0.25, 0.3) is 0 Å². The maximum atomic E-state index is 12.4. The molecule has 0 radical (unpaired) electrons. The van der Waals surface area contributed by atoms with Gasteiger partial charge in [-0.1, -0.05) is 18.2 Å². The first-order valence-electron chi connectivity index (χ1n) is 8.87. The van der Waals surface area contributed by atoms with Crippen LogP contribution in [0.15, 0.2) is 36.5 Å². The minimum absolute atomic E-state index is 0.00409. The van der Waals surface area contributed by atoms with Gasteiger partial charge in [0.25, 0.3) is 0 Å². The number of likely N-dealkylation sites (tertiary alicyclic amines) is 1. The molecule has 2 aromatic rings. The summed E-state index contributed by atoms with van der Waals surface area (Å²) in [6.45, 7) is 3.74. The van der Waals surface area contributed by atoms with Crippen molar-refractivity contribution in [2.45, 2.75) is 44.6 Å². The molecule has 2 aliphatic rings. The standard InChI is InChI=1S/C19H24N4O/c1-14-13-20-18(15-7-8-15)23(14)17-9-11-22(12-10-17)19(24)21-16-5-3-2-4-6-16/h2-6,13,15,17H,7-12H2,1H3,(H,21,24). The Morgan fingerprint density at radius 2 is 1.83 bits per heavy atom. The van der Waals surface area contributed by atoms with E-state index in [1.165, 1.54) is 24.4 Å². The summed E-state index contributed by atoms with van der Waals surface area (Å²) in [5.41, 5.74) is 2.11. The van der Waals surface area contributed by atoms with Crippen LogP contribution in [-0.2, 0) is 0 Å². The minimum Gasteiger partial charge on any atom is -0.329 e. The number of hydrogen-bond acceptors (Lipinski definition) is 2. The van der Waals surface area contributed by atoms with E-state index < -0.39 is 0 Å². The number of urea groups is 1. The molecular weight excluding hydrogens is 300 g/mol. The van der Waals surface area contributed by atoms with E-state index in [4.69, 9.17) is 0 Å². The molecule has 0 unspecified atom stereocenters. The van der Waals surface area contributed by atoms with Gasteiger partial charge in [0.2, 0.25) is 0 Å². The molecule has 24 heavy (non-hydrogen) atoms. The number of amides is 2. The molecule has 1 saturated carbocycles. The Labute approximate surface area is 142 Å². The second-order valence-electron chi connectivity index (χ2n) is 6.92. The van der Waals surface area contributed by atoms with Gasteiger partial charge in [-0.2, -0.15) is 0 Å². The summed E-state index contributed by atoms with van der Waals surface area (Å²) in [5, 5.41) is 2.98. The summed E-state index contributed by atoms with van der Waals surface area (Å²) in [4.78, 5) is 19.0. The number of para-hydroxylation sites is 1. The number of nitrogens with one attached hydrogen (secondary N) is 1. The zero-order chi connectivity index (χ0) is 16.5. The number of benzene rings is 1. The maximum Gasteiger partial charge on any atom is 0.321 e. The van der Waals surface area contributed by atoms with Gasteiger partial charge in [-0.3, -0.25) is 0 Å². The van der Waals surface area contributed by atoms with Crippen molar-refractivity contribution in [1.29, 1.82) is 0 Å². The molecule has 1 aromatic heterocycles. The Balaban J connectivity index is 1.38. The summed E-state index contributed by atoms with van der Waals surface area (Å²) in [6.07, 6.45) is 6.55. The van der Waals surface area contributed by atoms with Gasteiger partial charge in [0.1, 0.15) is 5.82 Å². The molecule has 5 nitrogen and oxygen atoms in total. The topological polar surface area (TPSA) is 50.2 Å². The van der Waals surface area contributed by atoms with Crippen LogP contribution < -0.4 is 5.32 Å². The monoisotopic (exact) mass is 324 g/mol. The lowest BCUT2D eigenvalue weighted by molar-refractivity contribution is 0.182. The molecule has 0 atom stereocenters. The molecule has 1 saturated heterocycles. The molecule has 1 aliphatic heterocycles. The predicted molar refractivity (Wildman–Crippen MR) is 94.2 cm³/mol. The fourth-order valence-corrected chi connectivity index (χ4v) is 3.63. The normalized spacial score (nSPS) is 18.6. The smallest absolute Gasteiger partial charge is 0.321 e. The zero-order valence-electron chi connectivity index (χ0n) is 14.1. The third-order valence-corrected chi connectivity index (χ3v) is 5.09. The highest BCUT2D eigenvalue weighted by Gasteiger charge is 2.32. The van der Waals surface area contributed by atoms with Crippen LogP contribution in [0, 0.1) is 6.92 Å². The molecule has 1 aromatic carbocycles. The predicted octanol–water partition coefficient (Wildman–Crippen LogP) is 3.94. The Morgan fingerprint density at radius 3 is 2.50 bits per heavy atom. The number of aryl methyl sites for hydroxylation is 1. The molecule has 1 aliphatic carbocycles. The molecule has 5 heteroatoms. The van der Waals surface area contributed by atoms with Crippen LogP contribution in [0.4, 0.5) is 10.5 Å². The molecule has 0 bridgehead atoms. The van der Waals surface area contributed by atoms with E-state index in [1.807, 2.05) is 41.4 Å². The van der Waals surface area contributed by atoms with E-state index in [1.54, 1.807) is 0 Å². The van der Waals surface area contributed by atoms with Crippen molar-refractivity contribution in [3.05, 3.63) is 48.0 Å². The van der Waals surface area contributed by atoms with Crippen molar-refractivity contribution in [3.8, 4) is 0 Å². The van der Waals surface area contributed by atoms with Crippen molar-refractivity contribution >= 4 is 11.7 Å². The van der Waals surface area contributed by atoms with E-state index in [9.17, 15) is 4.79 Å². The largest absolute Gasteiger partial charge is 0.329 e. The SMILES string of the molecule is Cc1cnc(C2CC2)n1C1CCN(C(=O)Nc2ccccc2)CC1. The van der Waals surface area contributed by atoms with E-state index in [0.29, 0.717) is 12.0 Å². The number of nitrogens with zero attached hydrogens (tertiary/aromatic N) is 3. The van der Waals surface area contributed by atoms with Gasteiger partial charge >= 0.3 is 6.03 Å². The summed E-state index contributed by atoms with van der Waals surface area (Å²) in [5.74, 6) is 1.93. The second kappa shape index (κ2) is 6.30. The minimum atomic E-state index is 0.00409. The highest BCUT2D eigenvalue weighted by atomic mass is 16.2. The highest BCUT2D eigenvalue weighted by Crippen LogP contribution is 2.41. The van der Waals surface area contributed by atoms with Crippen LogP contribution in [0.5, 0.6) is 0 Å². The number of carbonyl (C=O) groups is 1. The number of carbonyl (C=O) groups excluding carboxylic acids is 1. The van der Waals surface area contributed by atoms with Gasteiger partial charge in [-0.05, 0) is 44.7 Å². The fourth-order valence-electron chi connectivity index (χ4n) is 3.63. The summed E-state index contributed by atoms with van der Waals surface area (Å²) < 4.78 is 2.43. The van der Waals surface area contributed by atoms with E-state index in [-0.39, 0.29) is 6.03 Å². The van der Waals surface area contributed by atoms with Gasteiger partial charge in [0.15, 0.2) is 0 Å². The van der Waals surface area contributed by atoms with Gasteiger partial charge in [-0.15, -0.1) is 0 Å². The number of rotatable bonds is 3. The fraction of sp³-hybridized carbons (Fsp3) is 0.474. The van der Waals surface area contributed by atoms with Crippen LogP contribution in [0.1, 0.15) is 49.2 Å². The highest BCUT2D eigenvalue weighted by molar-refractivity contribution is 5.89. The number of piperidine rings is 1. The summed E-state index contributed by atoms with van der Waals surface area (Å²) >= 11 is 0. The number of imidazole rings is 1. The van der Waals surface area contributed by atoms with Crippen LogP contribution in [-0.4, -0.2) is 33.6 Å². The van der Waals surface area contributed by atoms with Gasteiger partial charge in [0.05, 0.1) is 0 Å². The van der Waals surface area contributed by atoms with Gasteiger partial charge in [-0.25, -0.2) is 9.78 Å². The number of hydrogen-bond donors (Lipinski definition) is 1. The van der Waals surface area contributed by atoms with Crippen molar-refractivity contribution in [3.63, 3.8) is 0 Å². The van der Waals surface area contributed by atoms with E-state index in [0.717, 1.165) is 31.6 Å². The molecule has 0 spiro atoms. The molecule has 126 valence electrons.